The minimum Gasteiger partial charge on any atom is -0.478 e. The molecule has 1 aliphatic rings. The van der Waals surface area contributed by atoms with Crippen LogP contribution in [0, 0.1) is 12.7 Å². The maximum Gasteiger partial charge on any atom is 0.200 e. The van der Waals surface area contributed by atoms with Gasteiger partial charge in [0.15, 0.2) is 0 Å². The van der Waals surface area contributed by atoms with Crippen LogP contribution in [-0.2, 0) is 6.54 Å². The lowest BCUT2D eigenvalue weighted by Gasteiger charge is -2.32. The Morgan fingerprint density at radius 3 is 2.65 bits per heavy atom. The van der Waals surface area contributed by atoms with E-state index in [0.717, 1.165) is 11.3 Å². The first-order chi connectivity index (χ1) is 12.5. The fourth-order valence-electron chi connectivity index (χ4n) is 3.40. The van der Waals surface area contributed by atoms with Crippen molar-refractivity contribution in [1.82, 2.24) is 4.90 Å². The molecule has 0 spiro atoms. The number of rotatable bonds is 2. The second-order valence-corrected chi connectivity index (χ2v) is 6.88. The van der Waals surface area contributed by atoms with Gasteiger partial charge in [-0.05, 0) is 39.0 Å². The molecule has 5 heteroatoms. The van der Waals surface area contributed by atoms with Crippen LogP contribution in [0.5, 0.6) is 5.75 Å². The van der Waals surface area contributed by atoms with Crippen LogP contribution in [0.2, 0.25) is 0 Å². The number of hydrogen-bond donors (Lipinski definition) is 0. The molecule has 3 aromatic rings. The lowest BCUT2D eigenvalue weighted by molar-refractivity contribution is 0.0689. The van der Waals surface area contributed by atoms with Gasteiger partial charge in [0, 0.05) is 18.2 Å². The summed E-state index contributed by atoms with van der Waals surface area (Å²) < 4.78 is 26.1. The van der Waals surface area contributed by atoms with E-state index >= 15 is 0 Å². The zero-order chi connectivity index (χ0) is 18.4. The summed E-state index contributed by atoms with van der Waals surface area (Å²) in [6.45, 7) is 7.04. The fraction of sp³-hybridized carbons (Fsp3) is 0.286. The van der Waals surface area contributed by atoms with Gasteiger partial charge < -0.3 is 9.15 Å². The smallest absolute Gasteiger partial charge is 0.200 e. The Balaban J connectivity index is 1.96. The Labute approximate surface area is 150 Å². The summed E-state index contributed by atoms with van der Waals surface area (Å²) in [4.78, 5) is 15.3. The predicted octanol–water partition coefficient (Wildman–Crippen LogP) is 4.47. The third-order valence-corrected chi connectivity index (χ3v) is 4.92. The van der Waals surface area contributed by atoms with E-state index in [0.29, 0.717) is 36.0 Å². The summed E-state index contributed by atoms with van der Waals surface area (Å²) in [5, 5.41) is 0.446. The largest absolute Gasteiger partial charge is 0.478 e. The lowest BCUT2D eigenvalue weighted by atomic mass is 10.00. The first kappa shape index (κ1) is 16.8. The van der Waals surface area contributed by atoms with Gasteiger partial charge in [-0.1, -0.05) is 18.2 Å². The van der Waals surface area contributed by atoms with E-state index in [1.807, 2.05) is 0 Å². The molecule has 0 radical (unpaired) electrons. The first-order valence-corrected chi connectivity index (χ1v) is 8.68. The van der Waals surface area contributed by atoms with E-state index in [-0.39, 0.29) is 16.6 Å². The highest BCUT2D eigenvalue weighted by Crippen LogP contribution is 2.34. The van der Waals surface area contributed by atoms with E-state index in [1.165, 1.54) is 6.07 Å². The third-order valence-electron chi connectivity index (χ3n) is 4.92. The van der Waals surface area contributed by atoms with E-state index < -0.39 is 5.82 Å². The van der Waals surface area contributed by atoms with Crippen molar-refractivity contribution in [1.29, 1.82) is 0 Å². The summed E-state index contributed by atoms with van der Waals surface area (Å²) in [7, 11) is 0. The van der Waals surface area contributed by atoms with Gasteiger partial charge in [0.1, 0.15) is 29.6 Å². The summed E-state index contributed by atoms with van der Waals surface area (Å²) in [6, 6.07) is 10.1. The number of halogens is 1. The first-order valence-electron chi connectivity index (χ1n) is 8.68. The number of ether oxygens (including phenoxy) is 1. The van der Waals surface area contributed by atoms with Crippen molar-refractivity contribution in [3.05, 3.63) is 63.8 Å². The van der Waals surface area contributed by atoms with Crippen molar-refractivity contribution in [2.75, 3.05) is 6.73 Å². The van der Waals surface area contributed by atoms with E-state index in [2.05, 4.69) is 18.7 Å². The lowest BCUT2D eigenvalue weighted by Crippen LogP contribution is -2.37. The maximum absolute atomic E-state index is 14.2. The second kappa shape index (κ2) is 6.25. The zero-order valence-corrected chi connectivity index (χ0v) is 15.0. The van der Waals surface area contributed by atoms with Crippen molar-refractivity contribution in [3.63, 3.8) is 0 Å². The predicted molar refractivity (Wildman–Crippen MR) is 98.8 cm³/mol. The van der Waals surface area contributed by atoms with Crippen molar-refractivity contribution < 1.29 is 13.5 Å². The van der Waals surface area contributed by atoms with Crippen molar-refractivity contribution in [3.8, 4) is 16.9 Å². The van der Waals surface area contributed by atoms with Gasteiger partial charge in [-0.15, -0.1) is 0 Å². The molecule has 0 unspecified atom stereocenters. The molecule has 2 aromatic carbocycles. The molecule has 0 fully saturated rings. The quantitative estimate of drug-likeness (QED) is 0.682. The molecule has 4 nitrogen and oxygen atoms in total. The van der Waals surface area contributed by atoms with Crippen LogP contribution >= 0.6 is 0 Å². The van der Waals surface area contributed by atoms with Crippen molar-refractivity contribution >= 4 is 11.0 Å². The van der Waals surface area contributed by atoms with E-state index in [9.17, 15) is 9.18 Å². The molecule has 26 heavy (non-hydrogen) atoms. The molecule has 0 saturated carbocycles. The molecule has 0 saturated heterocycles. The molecule has 0 atom stereocenters. The standard InChI is InChI=1S/C21H20FNO3/c1-12(2)23-10-16-18(25-11-23)9-8-15-20(24)19(13(3)26-21(15)16)14-6-4-5-7-17(14)22/h4-9,12H,10-11H2,1-3H3. The number of nitrogens with zero attached hydrogens (tertiary/aromatic N) is 1. The van der Waals surface area contributed by atoms with Gasteiger partial charge in [0.05, 0.1) is 16.5 Å². The molecule has 0 bridgehead atoms. The minimum atomic E-state index is -0.436. The SMILES string of the molecule is Cc1oc2c3c(ccc2c(=O)c1-c1ccccc1F)OCN(C(C)C)C3. The minimum absolute atomic E-state index is 0.224. The highest BCUT2D eigenvalue weighted by molar-refractivity contribution is 5.86. The molecule has 0 N–H and O–H groups in total. The van der Waals surface area contributed by atoms with E-state index in [4.69, 9.17) is 9.15 Å². The fourth-order valence-corrected chi connectivity index (χ4v) is 3.40. The monoisotopic (exact) mass is 353 g/mol. The van der Waals surface area contributed by atoms with Crippen LogP contribution in [0.4, 0.5) is 4.39 Å². The molecule has 0 amide bonds. The molecule has 2 heterocycles. The van der Waals surface area contributed by atoms with Gasteiger partial charge in [-0.3, -0.25) is 9.69 Å². The van der Waals surface area contributed by atoms with Gasteiger partial charge in [0.2, 0.25) is 5.43 Å². The molecular formula is C21H20FNO3. The Morgan fingerprint density at radius 1 is 1.15 bits per heavy atom. The van der Waals surface area contributed by atoms with Gasteiger partial charge >= 0.3 is 0 Å². The Hall–Kier alpha value is -2.66. The van der Waals surface area contributed by atoms with Crippen LogP contribution in [0.1, 0.15) is 25.2 Å². The van der Waals surface area contributed by atoms with Crippen LogP contribution in [-0.4, -0.2) is 17.7 Å². The Morgan fingerprint density at radius 2 is 1.92 bits per heavy atom. The number of aryl methyl sites for hydroxylation is 1. The molecule has 134 valence electrons. The topological polar surface area (TPSA) is 42.7 Å². The number of hydrogen-bond acceptors (Lipinski definition) is 4. The molecule has 1 aliphatic heterocycles. The van der Waals surface area contributed by atoms with Crippen LogP contribution < -0.4 is 10.2 Å². The highest BCUT2D eigenvalue weighted by atomic mass is 19.1. The third kappa shape index (κ3) is 2.59. The Kier molecular flexibility index (Phi) is 4.04. The molecule has 4 rings (SSSR count). The summed E-state index contributed by atoms with van der Waals surface area (Å²) in [6.07, 6.45) is 0. The van der Waals surface area contributed by atoms with E-state index in [1.54, 1.807) is 37.3 Å². The highest BCUT2D eigenvalue weighted by Gasteiger charge is 2.25. The summed E-state index contributed by atoms with van der Waals surface area (Å²) in [5.41, 5.74) is 1.70. The molecule has 1 aromatic heterocycles. The average Bonchev–Trinajstić information content (AvgIpc) is 2.62. The van der Waals surface area contributed by atoms with Crippen molar-refractivity contribution in [2.45, 2.75) is 33.4 Å². The van der Waals surface area contributed by atoms with Crippen LogP contribution in [0.25, 0.3) is 22.1 Å². The normalized spacial score (nSPS) is 14.5. The van der Waals surface area contributed by atoms with Gasteiger partial charge in [0.25, 0.3) is 0 Å². The van der Waals surface area contributed by atoms with Crippen LogP contribution in [0.15, 0.2) is 45.6 Å². The van der Waals surface area contributed by atoms with Crippen molar-refractivity contribution in [2.24, 2.45) is 0 Å². The van der Waals surface area contributed by atoms with Gasteiger partial charge in [-0.2, -0.15) is 0 Å². The number of benzene rings is 2. The number of fused-ring (bicyclic) bond motifs is 3. The second-order valence-electron chi connectivity index (χ2n) is 6.88. The Bertz CT molecular complexity index is 1060. The maximum atomic E-state index is 14.2. The molecule has 0 aliphatic carbocycles. The molecular weight excluding hydrogens is 333 g/mol. The van der Waals surface area contributed by atoms with Gasteiger partial charge in [-0.25, -0.2) is 4.39 Å². The zero-order valence-electron chi connectivity index (χ0n) is 15.0. The van der Waals surface area contributed by atoms with Crippen LogP contribution in [0.3, 0.4) is 0 Å². The summed E-state index contributed by atoms with van der Waals surface area (Å²) >= 11 is 0. The summed E-state index contributed by atoms with van der Waals surface area (Å²) in [5.74, 6) is 0.702. The average molecular weight is 353 g/mol.